The van der Waals surface area contributed by atoms with E-state index in [1.54, 1.807) is 0 Å². The lowest BCUT2D eigenvalue weighted by atomic mass is 9.91. The average molecular weight is 256 g/mol. The van der Waals surface area contributed by atoms with Crippen LogP contribution in [-0.2, 0) is 0 Å². The normalized spacial score (nSPS) is 24.2. The predicted molar refractivity (Wildman–Crippen MR) is 77.8 cm³/mol. The maximum atomic E-state index is 10.5. The van der Waals surface area contributed by atoms with E-state index in [0.717, 1.165) is 26.2 Å². The number of hydrogen-bond acceptors (Lipinski definition) is 3. The van der Waals surface area contributed by atoms with Crippen LogP contribution in [0.4, 0.5) is 0 Å². The van der Waals surface area contributed by atoms with E-state index in [9.17, 15) is 5.11 Å². The van der Waals surface area contributed by atoms with Crippen molar-refractivity contribution in [3.8, 4) is 0 Å². The molecule has 3 heteroatoms. The third-order valence-corrected chi connectivity index (χ3v) is 4.05. The van der Waals surface area contributed by atoms with Crippen LogP contribution < -0.4 is 5.32 Å². The number of nitrogens with one attached hydrogen (secondary N) is 1. The Bertz CT molecular complexity index is 233. The van der Waals surface area contributed by atoms with Crippen LogP contribution in [0.1, 0.15) is 47.5 Å². The van der Waals surface area contributed by atoms with E-state index in [1.807, 2.05) is 6.92 Å². The van der Waals surface area contributed by atoms with Crippen molar-refractivity contribution >= 4 is 0 Å². The zero-order chi connectivity index (χ0) is 13.8. The summed E-state index contributed by atoms with van der Waals surface area (Å²) in [5.41, 5.74) is -0.590. The average Bonchev–Trinajstić information content (AvgIpc) is 2.68. The predicted octanol–water partition coefficient (Wildman–Crippen LogP) is 2.10. The van der Waals surface area contributed by atoms with Gasteiger partial charge in [-0.15, -0.1) is 0 Å². The first-order chi connectivity index (χ1) is 8.31. The summed E-state index contributed by atoms with van der Waals surface area (Å²) >= 11 is 0. The molecule has 1 rings (SSSR count). The Labute approximate surface area is 113 Å². The van der Waals surface area contributed by atoms with Gasteiger partial charge in [0.1, 0.15) is 0 Å². The first-order valence-corrected chi connectivity index (χ1v) is 7.49. The number of hydrogen-bond donors (Lipinski definition) is 2. The molecule has 2 unspecified atom stereocenters. The summed E-state index contributed by atoms with van der Waals surface area (Å²) in [4.78, 5) is 2.44. The van der Waals surface area contributed by atoms with Crippen LogP contribution in [0.2, 0.25) is 0 Å². The van der Waals surface area contributed by atoms with Crippen LogP contribution in [0.25, 0.3) is 0 Å². The largest absolute Gasteiger partial charge is 0.389 e. The summed E-state index contributed by atoms with van der Waals surface area (Å²) in [5, 5.41) is 14.0. The van der Waals surface area contributed by atoms with Crippen molar-refractivity contribution in [3.63, 3.8) is 0 Å². The van der Waals surface area contributed by atoms with Crippen molar-refractivity contribution in [1.82, 2.24) is 10.2 Å². The molecule has 0 aromatic rings. The molecule has 1 saturated heterocycles. The number of aliphatic hydroxyl groups is 1. The van der Waals surface area contributed by atoms with Gasteiger partial charge in [0.05, 0.1) is 5.60 Å². The Morgan fingerprint density at radius 3 is 2.44 bits per heavy atom. The number of nitrogens with zero attached hydrogens (tertiary/aromatic N) is 1. The molecule has 0 bridgehead atoms. The first kappa shape index (κ1) is 15.9. The van der Waals surface area contributed by atoms with Gasteiger partial charge in [-0.3, -0.25) is 4.90 Å². The standard InChI is InChI=1S/C15H32N2O/c1-12(2)9-17(10-14-7-6-8-16-14)11-15(5,18)13(3)4/h12-14,16,18H,6-11H2,1-5H3. The van der Waals surface area contributed by atoms with Gasteiger partial charge in [-0.1, -0.05) is 27.7 Å². The maximum Gasteiger partial charge on any atom is 0.0768 e. The zero-order valence-corrected chi connectivity index (χ0v) is 12.9. The second-order valence-corrected chi connectivity index (χ2v) is 6.89. The van der Waals surface area contributed by atoms with Gasteiger partial charge in [-0.25, -0.2) is 0 Å². The molecule has 0 amide bonds. The molecule has 3 nitrogen and oxygen atoms in total. The molecule has 2 atom stereocenters. The number of rotatable bonds is 7. The molecular weight excluding hydrogens is 224 g/mol. The van der Waals surface area contributed by atoms with Gasteiger partial charge in [0.25, 0.3) is 0 Å². The van der Waals surface area contributed by atoms with Crippen molar-refractivity contribution in [2.24, 2.45) is 11.8 Å². The minimum atomic E-state index is -0.590. The van der Waals surface area contributed by atoms with E-state index < -0.39 is 5.60 Å². The minimum absolute atomic E-state index is 0.295. The van der Waals surface area contributed by atoms with Crippen molar-refractivity contribution in [2.75, 3.05) is 26.2 Å². The summed E-state index contributed by atoms with van der Waals surface area (Å²) in [7, 11) is 0. The third kappa shape index (κ3) is 5.25. The molecule has 1 aliphatic rings. The molecule has 1 heterocycles. The Hall–Kier alpha value is -0.120. The SMILES string of the molecule is CC(C)CN(CC1CCCN1)CC(C)(O)C(C)C. The molecule has 18 heavy (non-hydrogen) atoms. The molecule has 0 radical (unpaired) electrons. The van der Waals surface area contributed by atoms with Crippen molar-refractivity contribution in [2.45, 2.75) is 59.1 Å². The third-order valence-electron chi connectivity index (χ3n) is 4.05. The van der Waals surface area contributed by atoms with Gasteiger partial charge in [-0.2, -0.15) is 0 Å². The van der Waals surface area contributed by atoms with E-state index in [0.29, 0.717) is 17.9 Å². The van der Waals surface area contributed by atoms with Crippen LogP contribution in [0, 0.1) is 11.8 Å². The Balaban J connectivity index is 2.54. The Morgan fingerprint density at radius 2 is 2.00 bits per heavy atom. The van der Waals surface area contributed by atoms with Crippen LogP contribution >= 0.6 is 0 Å². The van der Waals surface area contributed by atoms with E-state index in [2.05, 4.69) is 37.9 Å². The summed E-state index contributed by atoms with van der Waals surface area (Å²) in [5.74, 6) is 0.943. The van der Waals surface area contributed by atoms with Crippen molar-refractivity contribution in [1.29, 1.82) is 0 Å². The molecule has 0 aromatic heterocycles. The lowest BCUT2D eigenvalue weighted by Crippen LogP contribution is -2.49. The maximum absolute atomic E-state index is 10.5. The minimum Gasteiger partial charge on any atom is -0.389 e. The smallest absolute Gasteiger partial charge is 0.0768 e. The Kier molecular flexibility index (Phi) is 6.09. The van der Waals surface area contributed by atoms with Crippen molar-refractivity contribution < 1.29 is 5.11 Å². The molecule has 2 N–H and O–H groups in total. The molecule has 1 aliphatic heterocycles. The highest BCUT2D eigenvalue weighted by Crippen LogP contribution is 2.19. The second-order valence-electron chi connectivity index (χ2n) is 6.89. The second kappa shape index (κ2) is 6.88. The monoisotopic (exact) mass is 256 g/mol. The quantitative estimate of drug-likeness (QED) is 0.732. The topological polar surface area (TPSA) is 35.5 Å². The first-order valence-electron chi connectivity index (χ1n) is 7.49. The molecule has 0 saturated carbocycles. The van der Waals surface area contributed by atoms with Crippen LogP contribution in [-0.4, -0.2) is 47.8 Å². The van der Waals surface area contributed by atoms with E-state index >= 15 is 0 Å². The molecule has 0 aliphatic carbocycles. The van der Waals surface area contributed by atoms with E-state index in [-0.39, 0.29) is 0 Å². The zero-order valence-electron chi connectivity index (χ0n) is 12.9. The fourth-order valence-electron chi connectivity index (χ4n) is 2.58. The fourth-order valence-corrected chi connectivity index (χ4v) is 2.58. The van der Waals surface area contributed by atoms with Crippen LogP contribution in [0.15, 0.2) is 0 Å². The molecule has 0 aromatic carbocycles. The Morgan fingerprint density at radius 1 is 1.33 bits per heavy atom. The van der Waals surface area contributed by atoms with Gasteiger partial charge >= 0.3 is 0 Å². The van der Waals surface area contributed by atoms with Gasteiger partial charge < -0.3 is 10.4 Å². The lowest BCUT2D eigenvalue weighted by Gasteiger charge is -2.36. The lowest BCUT2D eigenvalue weighted by molar-refractivity contribution is -0.0226. The molecular formula is C15H32N2O. The van der Waals surface area contributed by atoms with Gasteiger partial charge in [0, 0.05) is 25.7 Å². The van der Waals surface area contributed by atoms with Gasteiger partial charge in [-0.05, 0) is 38.1 Å². The molecule has 1 fully saturated rings. The van der Waals surface area contributed by atoms with E-state index in [1.165, 1.54) is 12.8 Å². The fraction of sp³-hybridized carbons (Fsp3) is 1.00. The summed E-state index contributed by atoms with van der Waals surface area (Å²) in [6, 6.07) is 0.617. The molecule has 108 valence electrons. The van der Waals surface area contributed by atoms with Crippen LogP contribution in [0.5, 0.6) is 0 Å². The highest BCUT2D eigenvalue weighted by Gasteiger charge is 2.29. The summed E-state index contributed by atoms with van der Waals surface area (Å²) in [6.07, 6.45) is 2.57. The highest BCUT2D eigenvalue weighted by molar-refractivity contribution is 4.85. The van der Waals surface area contributed by atoms with Gasteiger partial charge in [0.2, 0.25) is 0 Å². The summed E-state index contributed by atoms with van der Waals surface area (Å²) < 4.78 is 0. The highest BCUT2D eigenvalue weighted by atomic mass is 16.3. The molecule has 0 spiro atoms. The van der Waals surface area contributed by atoms with Crippen LogP contribution in [0.3, 0.4) is 0 Å². The van der Waals surface area contributed by atoms with Crippen molar-refractivity contribution in [3.05, 3.63) is 0 Å². The summed E-state index contributed by atoms with van der Waals surface area (Å²) in [6.45, 7) is 14.7. The van der Waals surface area contributed by atoms with Gasteiger partial charge in [0.15, 0.2) is 0 Å². The van der Waals surface area contributed by atoms with E-state index in [4.69, 9.17) is 0 Å².